The molecule has 20 heavy (non-hydrogen) atoms. The maximum Gasteiger partial charge on any atom is 0.240 e. The van der Waals surface area contributed by atoms with Gasteiger partial charge in [0.1, 0.15) is 11.6 Å². The van der Waals surface area contributed by atoms with Crippen molar-refractivity contribution in [2.45, 2.75) is 18.9 Å². The monoisotopic (exact) mass is 288 g/mol. The molecule has 0 amide bonds. The van der Waals surface area contributed by atoms with Crippen molar-refractivity contribution >= 4 is 0 Å². The Morgan fingerprint density at radius 1 is 1.30 bits per heavy atom. The molecule has 1 aromatic carbocycles. The van der Waals surface area contributed by atoms with Crippen molar-refractivity contribution in [3.63, 3.8) is 0 Å². The van der Waals surface area contributed by atoms with E-state index >= 15 is 0 Å². The maximum atomic E-state index is 13.5. The van der Waals surface area contributed by atoms with Gasteiger partial charge in [-0.15, -0.1) is 0 Å². The summed E-state index contributed by atoms with van der Waals surface area (Å²) in [4.78, 5) is 1.96. The number of benzene rings is 1. The lowest BCUT2D eigenvalue weighted by Gasteiger charge is -2.35. The van der Waals surface area contributed by atoms with Gasteiger partial charge < -0.3 is 10.1 Å². The molecule has 1 N–H and O–H groups in total. The number of rotatable bonds is 5. The normalized spacial score (nSPS) is 18.2. The molecule has 2 rings (SSSR count). The van der Waals surface area contributed by atoms with Crippen LogP contribution in [0.15, 0.2) is 18.2 Å². The van der Waals surface area contributed by atoms with Gasteiger partial charge in [0, 0.05) is 44.2 Å². The van der Waals surface area contributed by atoms with Gasteiger partial charge in [0.25, 0.3) is 0 Å². The summed E-state index contributed by atoms with van der Waals surface area (Å²) in [6.45, 7) is 2.82. The topological polar surface area (TPSA) is 24.5 Å². The van der Waals surface area contributed by atoms with E-state index in [1.54, 1.807) is 0 Å². The molecule has 0 radical (unpaired) electrons. The molecule has 0 saturated carbocycles. The van der Waals surface area contributed by atoms with Crippen LogP contribution in [-0.2, 0) is 0 Å². The molecule has 1 saturated heterocycles. The van der Waals surface area contributed by atoms with Gasteiger partial charge in [-0.05, 0) is 18.2 Å². The van der Waals surface area contributed by atoms with E-state index < -0.39 is 18.3 Å². The minimum atomic E-state index is -2.44. The summed E-state index contributed by atoms with van der Waals surface area (Å²) in [5.74, 6) is 0.0192. The third-order valence-corrected chi connectivity index (χ3v) is 3.54. The Hall–Kier alpha value is -1.27. The smallest absolute Gasteiger partial charge is 0.240 e. The molecule has 6 heteroatoms. The average Bonchev–Trinajstić information content (AvgIpc) is 2.45. The van der Waals surface area contributed by atoms with Crippen molar-refractivity contribution in [2.24, 2.45) is 0 Å². The van der Waals surface area contributed by atoms with Crippen molar-refractivity contribution in [3.8, 4) is 5.75 Å². The molecule has 1 heterocycles. The first-order chi connectivity index (χ1) is 9.61. The Balaban J connectivity index is 2.31. The Bertz CT molecular complexity index is 436. The molecule has 3 nitrogen and oxygen atoms in total. The fraction of sp³-hybridized carbons (Fsp3) is 0.571. The highest BCUT2D eigenvalue weighted by molar-refractivity contribution is 5.36. The zero-order valence-electron chi connectivity index (χ0n) is 11.4. The second-order valence-electron chi connectivity index (χ2n) is 4.81. The fourth-order valence-electron chi connectivity index (χ4n) is 2.60. The molecule has 0 unspecified atom stereocenters. The first-order valence-electron chi connectivity index (χ1n) is 6.68. The van der Waals surface area contributed by atoms with E-state index in [0.29, 0.717) is 24.4 Å². The SMILES string of the molecule is COc1ccc(F)cc1[C@H](CC(F)F)N1CCNCC1. The van der Waals surface area contributed by atoms with Gasteiger partial charge in [-0.1, -0.05) is 0 Å². The number of nitrogens with zero attached hydrogens (tertiary/aromatic N) is 1. The molecule has 1 atom stereocenters. The molecule has 0 aliphatic carbocycles. The molecule has 1 aliphatic heterocycles. The van der Waals surface area contributed by atoms with Crippen LogP contribution in [-0.4, -0.2) is 44.6 Å². The third-order valence-electron chi connectivity index (χ3n) is 3.54. The summed E-state index contributed by atoms with van der Waals surface area (Å²) in [7, 11) is 1.47. The lowest BCUT2D eigenvalue weighted by Crippen LogP contribution is -2.45. The van der Waals surface area contributed by atoms with Crippen LogP contribution in [0.3, 0.4) is 0 Å². The number of methoxy groups -OCH3 is 1. The average molecular weight is 288 g/mol. The summed E-state index contributed by atoms with van der Waals surface area (Å²) in [6, 6.07) is 3.54. The van der Waals surface area contributed by atoms with E-state index in [0.717, 1.165) is 13.1 Å². The van der Waals surface area contributed by atoms with Crippen molar-refractivity contribution in [2.75, 3.05) is 33.3 Å². The molecule has 0 aromatic heterocycles. The highest BCUT2D eigenvalue weighted by Gasteiger charge is 2.28. The molecule has 0 spiro atoms. The maximum absolute atomic E-state index is 13.5. The second-order valence-corrected chi connectivity index (χ2v) is 4.81. The minimum absolute atomic E-state index is 0.320. The van der Waals surface area contributed by atoms with Crippen LogP contribution < -0.4 is 10.1 Å². The molecule has 112 valence electrons. The lowest BCUT2D eigenvalue weighted by atomic mass is 10.00. The Kier molecular flexibility index (Phi) is 5.25. The van der Waals surface area contributed by atoms with E-state index in [9.17, 15) is 13.2 Å². The summed E-state index contributed by atoms with van der Waals surface area (Å²) in [5, 5.41) is 3.18. The predicted octanol–water partition coefficient (Wildman–Crippen LogP) is 2.44. The first kappa shape index (κ1) is 15.1. The summed E-state index contributed by atoms with van der Waals surface area (Å²) in [6.07, 6.45) is -2.76. The van der Waals surface area contributed by atoms with Crippen LogP contribution in [0.25, 0.3) is 0 Å². The van der Waals surface area contributed by atoms with E-state index in [4.69, 9.17) is 4.74 Å². The largest absolute Gasteiger partial charge is 0.496 e. The standard InChI is InChI=1S/C14H19F3N2O/c1-20-13-3-2-10(15)8-11(13)12(9-14(16)17)19-6-4-18-5-7-19/h2-3,8,12,14,18H,4-7,9H2,1H3/t12-/m0/s1. The summed E-state index contributed by atoms with van der Waals surface area (Å²) < 4.78 is 44.4. The Morgan fingerprint density at radius 3 is 2.60 bits per heavy atom. The second kappa shape index (κ2) is 6.95. The van der Waals surface area contributed by atoms with Gasteiger partial charge in [0.05, 0.1) is 7.11 Å². The molecular weight excluding hydrogens is 269 g/mol. The number of alkyl halides is 2. The first-order valence-corrected chi connectivity index (χ1v) is 6.68. The van der Waals surface area contributed by atoms with Crippen molar-refractivity contribution in [1.82, 2.24) is 10.2 Å². The summed E-state index contributed by atoms with van der Waals surface area (Å²) in [5.41, 5.74) is 0.495. The van der Waals surface area contributed by atoms with Gasteiger partial charge in [0.15, 0.2) is 0 Å². The quantitative estimate of drug-likeness (QED) is 0.900. The van der Waals surface area contributed by atoms with Crippen LogP contribution in [0, 0.1) is 5.82 Å². The zero-order valence-corrected chi connectivity index (χ0v) is 11.4. The van der Waals surface area contributed by atoms with E-state index in [1.807, 2.05) is 4.90 Å². The van der Waals surface area contributed by atoms with Crippen molar-refractivity contribution in [1.29, 1.82) is 0 Å². The molecule has 1 aromatic rings. The van der Waals surface area contributed by atoms with Crippen LogP contribution in [0.1, 0.15) is 18.0 Å². The van der Waals surface area contributed by atoms with Crippen LogP contribution in [0.5, 0.6) is 5.75 Å². The van der Waals surface area contributed by atoms with Crippen molar-refractivity contribution in [3.05, 3.63) is 29.6 Å². The number of nitrogens with one attached hydrogen (secondary N) is 1. The lowest BCUT2D eigenvalue weighted by molar-refractivity contribution is 0.0728. The highest BCUT2D eigenvalue weighted by Crippen LogP contribution is 2.34. The number of hydrogen-bond donors (Lipinski definition) is 1. The van der Waals surface area contributed by atoms with Gasteiger partial charge in [-0.3, -0.25) is 4.90 Å². The van der Waals surface area contributed by atoms with E-state index in [-0.39, 0.29) is 6.42 Å². The van der Waals surface area contributed by atoms with Gasteiger partial charge in [-0.25, -0.2) is 13.2 Å². The minimum Gasteiger partial charge on any atom is -0.496 e. The van der Waals surface area contributed by atoms with Crippen LogP contribution >= 0.6 is 0 Å². The number of ether oxygens (including phenoxy) is 1. The molecule has 1 fully saturated rings. The fourth-order valence-corrected chi connectivity index (χ4v) is 2.60. The Morgan fingerprint density at radius 2 is 2.00 bits per heavy atom. The highest BCUT2D eigenvalue weighted by atomic mass is 19.3. The van der Waals surface area contributed by atoms with Crippen LogP contribution in [0.2, 0.25) is 0 Å². The van der Waals surface area contributed by atoms with E-state index in [2.05, 4.69) is 5.32 Å². The number of halogens is 3. The molecule has 1 aliphatic rings. The number of piperazine rings is 1. The third kappa shape index (κ3) is 3.64. The van der Waals surface area contributed by atoms with Crippen LogP contribution in [0.4, 0.5) is 13.2 Å². The van der Waals surface area contributed by atoms with E-state index in [1.165, 1.54) is 25.3 Å². The zero-order chi connectivity index (χ0) is 14.5. The molecule has 0 bridgehead atoms. The predicted molar refractivity (Wildman–Crippen MR) is 70.8 cm³/mol. The Labute approximate surface area is 116 Å². The molecular formula is C14H19F3N2O. The number of hydrogen-bond acceptors (Lipinski definition) is 3. The summed E-state index contributed by atoms with van der Waals surface area (Å²) >= 11 is 0. The van der Waals surface area contributed by atoms with Gasteiger partial charge in [0.2, 0.25) is 6.43 Å². The van der Waals surface area contributed by atoms with Gasteiger partial charge in [-0.2, -0.15) is 0 Å². The van der Waals surface area contributed by atoms with Crippen molar-refractivity contribution < 1.29 is 17.9 Å². The van der Waals surface area contributed by atoms with Gasteiger partial charge >= 0.3 is 0 Å².